The summed E-state index contributed by atoms with van der Waals surface area (Å²) in [4.78, 5) is 27.6. The van der Waals surface area contributed by atoms with Crippen molar-refractivity contribution in [1.29, 1.82) is 0 Å². The lowest BCUT2D eigenvalue weighted by molar-refractivity contribution is -0.141. The number of aryl methyl sites for hydroxylation is 2. The van der Waals surface area contributed by atoms with Gasteiger partial charge in [-0.3, -0.25) is 9.59 Å². The number of amides is 2. The van der Waals surface area contributed by atoms with Gasteiger partial charge in [-0.2, -0.15) is 0 Å². The fourth-order valence-electron chi connectivity index (χ4n) is 3.99. The average Bonchev–Trinajstić information content (AvgIpc) is 3.28. The fourth-order valence-corrected chi connectivity index (χ4v) is 3.99. The van der Waals surface area contributed by atoms with Crippen molar-refractivity contribution < 1.29 is 14.3 Å². The van der Waals surface area contributed by atoms with Crippen molar-refractivity contribution in [1.82, 2.24) is 10.2 Å². The van der Waals surface area contributed by atoms with Crippen molar-refractivity contribution >= 4 is 11.8 Å². The van der Waals surface area contributed by atoms with Gasteiger partial charge in [0.15, 0.2) is 6.61 Å². The van der Waals surface area contributed by atoms with Gasteiger partial charge in [0.2, 0.25) is 5.91 Å². The van der Waals surface area contributed by atoms with Gasteiger partial charge in [-0.15, -0.1) is 0 Å². The second kappa shape index (κ2) is 11.0. The Morgan fingerprint density at radius 3 is 2.45 bits per heavy atom. The lowest BCUT2D eigenvalue weighted by Gasteiger charge is -2.29. The monoisotopic (exact) mass is 422 g/mol. The lowest BCUT2D eigenvalue weighted by Crippen LogP contribution is -2.51. The normalized spacial score (nSPS) is 14.8. The molecular formula is C26H34N2O3. The van der Waals surface area contributed by atoms with E-state index >= 15 is 0 Å². The maximum atomic E-state index is 13.1. The molecule has 0 heterocycles. The molecular weight excluding hydrogens is 388 g/mol. The zero-order chi connectivity index (χ0) is 22.2. The van der Waals surface area contributed by atoms with Crippen LogP contribution in [0.25, 0.3) is 0 Å². The van der Waals surface area contributed by atoms with Crippen LogP contribution in [-0.2, 0) is 16.0 Å². The minimum absolute atomic E-state index is 0.0838. The van der Waals surface area contributed by atoms with Gasteiger partial charge in [0, 0.05) is 12.6 Å². The largest absolute Gasteiger partial charge is 0.484 e. The van der Waals surface area contributed by atoms with Crippen LogP contribution in [0.3, 0.4) is 0 Å². The molecule has 2 aromatic carbocycles. The van der Waals surface area contributed by atoms with E-state index in [2.05, 4.69) is 5.32 Å². The third kappa shape index (κ3) is 6.58. The third-order valence-electron chi connectivity index (χ3n) is 6.19. The molecule has 0 aliphatic heterocycles. The van der Waals surface area contributed by atoms with E-state index in [1.807, 2.05) is 69.3 Å². The zero-order valence-corrected chi connectivity index (χ0v) is 18.9. The Balaban J connectivity index is 1.65. The summed E-state index contributed by atoms with van der Waals surface area (Å²) in [5, 5.41) is 3.13. The lowest BCUT2D eigenvalue weighted by atomic mass is 10.1. The second-order valence-corrected chi connectivity index (χ2v) is 8.52. The first-order valence-corrected chi connectivity index (χ1v) is 11.3. The van der Waals surface area contributed by atoms with Crippen LogP contribution in [0.1, 0.15) is 49.3 Å². The fraction of sp³-hybridized carbons (Fsp3) is 0.462. The Labute approximate surface area is 185 Å². The van der Waals surface area contributed by atoms with Gasteiger partial charge in [0.25, 0.3) is 5.91 Å². The zero-order valence-electron chi connectivity index (χ0n) is 18.9. The molecule has 1 saturated carbocycles. The summed E-state index contributed by atoms with van der Waals surface area (Å²) in [6.07, 6.45) is 5.04. The standard InChI is InChI=1S/C26H34N2O3/c1-19-13-14-24(17-20(19)2)31-18-25(29)28(16-15-22-9-5-4-6-10-22)21(3)26(30)27-23-11-7-8-12-23/h4-6,9-10,13-14,17,21,23H,7-8,11-12,15-16,18H2,1-3H3,(H,27,30)/t21-/m1/s1. The van der Waals surface area contributed by atoms with E-state index in [1.165, 1.54) is 5.56 Å². The second-order valence-electron chi connectivity index (χ2n) is 8.52. The average molecular weight is 423 g/mol. The molecule has 0 radical (unpaired) electrons. The van der Waals surface area contributed by atoms with Crippen LogP contribution in [0.2, 0.25) is 0 Å². The summed E-state index contributed by atoms with van der Waals surface area (Å²) in [5.74, 6) is 0.408. The predicted molar refractivity (Wildman–Crippen MR) is 123 cm³/mol. The van der Waals surface area contributed by atoms with Crippen LogP contribution in [-0.4, -0.2) is 41.9 Å². The number of nitrogens with zero attached hydrogens (tertiary/aromatic N) is 1. The van der Waals surface area contributed by atoms with E-state index in [-0.39, 0.29) is 24.5 Å². The first-order valence-electron chi connectivity index (χ1n) is 11.3. The topological polar surface area (TPSA) is 58.6 Å². The van der Waals surface area contributed by atoms with Crippen molar-refractivity contribution in [3.05, 3.63) is 65.2 Å². The molecule has 5 heteroatoms. The van der Waals surface area contributed by atoms with Crippen molar-refractivity contribution in [2.75, 3.05) is 13.2 Å². The van der Waals surface area contributed by atoms with E-state index in [4.69, 9.17) is 4.74 Å². The van der Waals surface area contributed by atoms with Crippen LogP contribution in [0.15, 0.2) is 48.5 Å². The highest BCUT2D eigenvalue weighted by Crippen LogP contribution is 2.19. The molecule has 0 bridgehead atoms. The summed E-state index contributed by atoms with van der Waals surface area (Å²) in [7, 11) is 0. The van der Waals surface area contributed by atoms with Gasteiger partial charge in [-0.25, -0.2) is 0 Å². The number of carbonyl (C=O) groups is 2. The minimum atomic E-state index is -0.542. The molecule has 0 spiro atoms. The van der Waals surface area contributed by atoms with Crippen molar-refractivity contribution in [3.63, 3.8) is 0 Å². The first kappa shape index (κ1) is 22.9. The number of nitrogens with one attached hydrogen (secondary N) is 1. The van der Waals surface area contributed by atoms with Gasteiger partial charge >= 0.3 is 0 Å². The summed E-state index contributed by atoms with van der Waals surface area (Å²) in [6.45, 7) is 6.26. The van der Waals surface area contributed by atoms with E-state index < -0.39 is 6.04 Å². The Bertz CT molecular complexity index is 875. The summed E-state index contributed by atoms with van der Waals surface area (Å²) >= 11 is 0. The van der Waals surface area contributed by atoms with E-state index in [0.29, 0.717) is 18.7 Å². The quantitative estimate of drug-likeness (QED) is 0.659. The highest BCUT2D eigenvalue weighted by Gasteiger charge is 2.28. The molecule has 1 N–H and O–H groups in total. The number of hydrogen-bond acceptors (Lipinski definition) is 3. The number of carbonyl (C=O) groups excluding carboxylic acids is 2. The van der Waals surface area contributed by atoms with Gasteiger partial charge in [0.1, 0.15) is 11.8 Å². The number of hydrogen-bond donors (Lipinski definition) is 1. The first-order chi connectivity index (χ1) is 14.9. The Kier molecular flexibility index (Phi) is 8.10. The Morgan fingerprint density at radius 2 is 1.77 bits per heavy atom. The van der Waals surface area contributed by atoms with Crippen LogP contribution in [0, 0.1) is 13.8 Å². The van der Waals surface area contributed by atoms with Crippen LogP contribution < -0.4 is 10.1 Å². The number of benzene rings is 2. The minimum Gasteiger partial charge on any atom is -0.484 e. The van der Waals surface area contributed by atoms with Gasteiger partial charge < -0.3 is 15.0 Å². The van der Waals surface area contributed by atoms with Crippen molar-refractivity contribution in [3.8, 4) is 5.75 Å². The summed E-state index contributed by atoms with van der Waals surface area (Å²) in [6, 6.07) is 15.5. The third-order valence-corrected chi connectivity index (χ3v) is 6.19. The predicted octanol–water partition coefficient (Wildman–Crippen LogP) is 4.20. The Hall–Kier alpha value is -2.82. The molecule has 1 aliphatic carbocycles. The van der Waals surface area contributed by atoms with Gasteiger partial charge in [0.05, 0.1) is 0 Å². The molecule has 1 atom stereocenters. The molecule has 5 nitrogen and oxygen atoms in total. The molecule has 1 aliphatic rings. The summed E-state index contributed by atoms with van der Waals surface area (Å²) in [5.41, 5.74) is 3.44. The summed E-state index contributed by atoms with van der Waals surface area (Å²) < 4.78 is 5.78. The van der Waals surface area contributed by atoms with E-state index in [1.54, 1.807) is 4.90 Å². The highest BCUT2D eigenvalue weighted by atomic mass is 16.5. The smallest absolute Gasteiger partial charge is 0.261 e. The molecule has 166 valence electrons. The van der Waals surface area contributed by atoms with E-state index in [0.717, 1.165) is 36.8 Å². The SMILES string of the molecule is Cc1ccc(OCC(=O)N(CCc2ccccc2)[C@H](C)C(=O)NC2CCCC2)cc1C. The highest BCUT2D eigenvalue weighted by molar-refractivity contribution is 5.88. The number of ether oxygens (including phenoxy) is 1. The maximum Gasteiger partial charge on any atom is 0.261 e. The van der Waals surface area contributed by atoms with Crippen LogP contribution in [0.4, 0.5) is 0 Å². The molecule has 2 amide bonds. The molecule has 3 rings (SSSR count). The van der Waals surface area contributed by atoms with Crippen LogP contribution in [0.5, 0.6) is 5.75 Å². The molecule has 0 saturated heterocycles. The van der Waals surface area contributed by atoms with Crippen LogP contribution >= 0.6 is 0 Å². The maximum absolute atomic E-state index is 13.1. The molecule has 2 aromatic rings. The molecule has 0 unspecified atom stereocenters. The van der Waals surface area contributed by atoms with E-state index in [9.17, 15) is 9.59 Å². The molecule has 31 heavy (non-hydrogen) atoms. The van der Waals surface area contributed by atoms with Gasteiger partial charge in [-0.05, 0) is 68.9 Å². The molecule has 1 fully saturated rings. The van der Waals surface area contributed by atoms with Crippen molar-refractivity contribution in [2.24, 2.45) is 0 Å². The Morgan fingerprint density at radius 1 is 1.06 bits per heavy atom. The van der Waals surface area contributed by atoms with Crippen molar-refractivity contribution in [2.45, 2.75) is 65.0 Å². The molecule has 0 aromatic heterocycles. The van der Waals surface area contributed by atoms with Gasteiger partial charge in [-0.1, -0.05) is 49.2 Å². The number of rotatable bonds is 9.